The zero-order chi connectivity index (χ0) is 7.14. The van der Waals surface area contributed by atoms with E-state index in [-0.39, 0.29) is 6.04 Å². The highest BCUT2D eigenvalue weighted by atomic mass is 79.9. The van der Waals surface area contributed by atoms with Crippen LogP contribution < -0.4 is 0 Å². The van der Waals surface area contributed by atoms with Gasteiger partial charge in [0.1, 0.15) is 6.04 Å². The molecule has 2 fully saturated rings. The monoisotopic (exact) mass is 203 g/mol. The summed E-state index contributed by atoms with van der Waals surface area (Å²) < 4.78 is 0. The third kappa shape index (κ3) is 0.760. The topological polar surface area (TPSA) is 29.4 Å². The molecule has 2 aliphatic rings. The first-order valence-corrected chi connectivity index (χ1v) is 4.71. The van der Waals surface area contributed by atoms with Crippen molar-refractivity contribution in [1.82, 2.24) is 0 Å². The first kappa shape index (κ1) is 6.77. The van der Waals surface area contributed by atoms with Crippen molar-refractivity contribution in [2.45, 2.75) is 30.1 Å². The first-order chi connectivity index (χ1) is 4.83. The van der Waals surface area contributed by atoms with Crippen LogP contribution in [0.1, 0.15) is 19.3 Å². The van der Waals surface area contributed by atoms with Gasteiger partial charge in [-0.15, -0.1) is 0 Å². The number of hydrogen-bond donors (Lipinski definition) is 0. The summed E-state index contributed by atoms with van der Waals surface area (Å²) in [6.45, 7) is 0. The fourth-order valence-corrected chi connectivity index (χ4v) is 3.34. The molecule has 0 amide bonds. The van der Waals surface area contributed by atoms with Gasteiger partial charge in [0.05, 0.1) is 0 Å². The Balaban J connectivity index is 2.16. The van der Waals surface area contributed by atoms with Crippen LogP contribution in [0.4, 0.5) is 0 Å². The Bertz CT molecular complexity index is 160. The fraction of sp³-hybridized carbons (Fsp3) is 1.00. The summed E-state index contributed by atoms with van der Waals surface area (Å²) >= 11 is 3.53. The van der Waals surface area contributed by atoms with Crippen LogP contribution in [-0.4, -0.2) is 10.9 Å². The molecule has 3 heteroatoms. The molecule has 0 aromatic heterocycles. The Morgan fingerprint density at radius 1 is 1.30 bits per heavy atom. The van der Waals surface area contributed by atoms with Gasteiger partial charge in [-0.1, -0.05) is 21.1 Å². The predicted octanol–water partition coefficient (Wildman–Crippen LogP) is 2.31. The van der Waals surface area contributed by atoms with Crippen molar-refractivity contribution in [3.63, 3.8) is 0 Å². The normalized spacial score (nSPS) is 51.7. The lowest BCUT2D eigenvalue weighted by Crippen LogP contribution is -2.25. The molecule has 56 valence electrons. The van der Waals surface area contributed by atoms with Crippen molar-refractivity contribution in [3.8, 4) is 0 Å². The molecule has 2 saturated carbocycles. The Labute approximate surface area is 68.5 Å². The first-order valence-electron chi connectivity index (χ1n) is 3.79. The van der Waals surface area contributed by atoms with Crippen LogP contribution in [0.5, 0.6) is 0 Å². The quantitative estimate of drug-likeness (QED) is 0.476. The molecule has 0 spiro atoms. The number of hydrogen-bond acceptors (Lipinski definition) is 2. The van der Waals surface area contributed by atoms with Crippen LogP contribution in [0, 0.1) is 16.7 Å². The van der Waals surface area contributed by atoms with Gasteiger partial charge in [0.15, 0.2) is 0 Å². The summed E-state index contributed by atoms with van der Waals surface area (Å²) in [5.74, 6) is 1.35. The second-order valence-corrected chi connectivity index (χ2v) is 4.43. The Morgan fingerprint density at radius 2 is 2.00 bits per heavy atom. The molecule has 0 aromatic carbocycles. The summed E-state index contributed by atoms with van der Waals surface area (Å²) in [6, 6.07) is 0.0822. The van der Waals surface area contributed by atoms with Gasteiger partial charge in [0.2, 0.25) is 0 Å². The smallest absolute Gasteiger partial charge is 0.107 e. The number of fused-ring (bicyclic) bond motifs is 2. The maximum Gasteiger partial charge on any atom is 0.107 e. The van der Waals surface area contributed by atoms with Crippen LogP contribution >= 0.6 is 15.9 Å². The molecule has 0 unspecified atom stereocenters. The lowest BCUT2D eigenvalue weighted by atomic mass is 9.96. The van der Waals surface area contributed by atoms with Crippen LogP contribution in [0.3, 0.4) is 0 Å². The van der Waals surface area contributed by atoms with Gasteiger partial charge in [-0.05, 0) is 31.1 Å². The minimum absolute atomic E-state index is 0.0822. The third-order valence-corrected chi connectivity index (χ3v) is 4.18. The standard InChI is InChI=1S/C7H10BrNO/c8-6-4-1-2-5(3-4)7(6)9-10/h4-7H,1-3H2/t4-,5-,6+,7-/m0/s1. The Morgan fingerprint density at radius 3 is 2.40 bits per heavy atom. The molecule has 0 aliphatic heterocycles. The second kappa shape index (κ2) is 2.29. The van der Waals surface area contributed by atoms with E-state index >= 15 is 0 Å². The van der Waals surface area contributed by atoms with E-state index in [0.29, 0.717) is 10.7 Å². The van der Waals surface area contributed by atoms with E-state index in [1.807, 2.05) is 0 Å². The van der Waals surface area contributed by atoms with Gasteiger partial charge >= 0.3 is 0 Å². The molecule has 0 radical (unpaired) electrons. The van der Waals surface area contributed by atoms with Crippen LogP contribution in [0.15, 0.2) is 5.18 Å². The molecule has 2 aliphatic carbocycles. The molecule has 4 atom stereocenters. The zero-order valence-electron chi connectivity index (χ0n) is 5.66. The molecule has 2 rings (SSSR count). The van der Waals surface area contributed by atoms with E-state index in [1.54, 1.807) is 0 Å². The van der Waals surface area contributed by atoms with Gasteiger partial charge in [-0.25, -0.2) is 0 Å². The van der Waals surface area contributed by atoms with Crippen LogP contribution in [0.2, 0.25) is 0 Å². The van der Waals surface area contributed by atoms with Crippen molar-refractivity contribution < 1.29 is 0 Å². The molecule has 0 saturated heterocycles. The Kier molecular flexibility index (Phi) is 1.55. The summed E-state index contributed by atoms with van der Waals surface area (Å²) in [5, 5.41) is 3.15. The minimum Gasteiger partial charge on any atom is -0.150 e. The highest BCUT2D eigenvalue weighted by molar-refractivity contribution is 9.09. The van der Waals surface area contributed by atoms with Gasteiger partial charge in [0.25, 0.3) is 0 Å². The highest BCUT2D eigenvalue weighted by Gasteiger charge is 2.47. The second-order valence-electron chi connectivity index (χ2n) is 3.37. The number of nitrogens with zero attached hydrogens (tertiary/aromatic N) is 1. The van der Waals surface area contributed by atoms with E-state index in [2.05, 4.69) is 21.1 Å². The SMILES string of the molecule is O=N[C@H]1[C@H]2CC[C@@H](C2)[C@H]1Br. The van der Waals surface area contributed by atoms with Crippen LogP contribution in [-0.2, 0) is 0 Å². The van der Waals surface area contributed by atoms with Crippen molar-refractivity contribution in [3.05, 3.63) is 4.91 Å². The van der Waals surface area contributed by atoms with Gasteiger partial charge in [0, 0.05) is 4.83 Å². The number of rotatable bonds is 1. The molecular weight excluding hydrogens is 194 g/mol. The molecule has 10 heavy (non-hydrogen) atoms. The molecule has 2 nitrogen and oxygen atoms in total. The average Bonchev–Trinajstić information content (AvgIpc) is 2.46. The summed E-state index contributed by atoms with van der Waals surface area (Å²) in [4.78, 5) is 10.7. The zero-order valence-corrected chi connectivity index (χ0v) is 7.25. The van der Waals surface area contributed by atoms with E-state index in [9.17, 15) is 4.91 Å². The largest absolute Gasteiger partial charge is 0.150 e. The van der Waals surface area contributed by atoms with Crippen molar-refractivity contribution in [2.24, 2.45) is 17.0 Å². The number of halogens is 1. The molecule has 2 bridgehead atoms. The van der Waals surface area contributed by atoms with E-state index in [0.717, 1.165) is 5.92 Å². The van der Waals surface area contributed by atoms with Crippen molar-refractivity contribution in [1.29, 1.82) is 0 Å². The van der Waals surface area contributed by atoms with E-state index in [4.69, 9.17) is 0 Å². The lowest BCUT2D eigenvalue weighted by molar-refractivity contribution is 0.433. The molecular formula is C7H10BrNO. The summed E-state index contributed by atoms with van der Waals surface area (Å²) in [7, 11) is 0. The van der Waals surface area contributed by atoms with Crippen molar-refractivity contribution in [2.75, 3.05) is 0 Å². The van der Waals surface area contributed by atoms with Gasteiger partial charge in [-0.3, -0.25) is 0 Å². The number of alkyl halides is 1. The third-order valence-electron chi connectivity index (χ3n) is 2.90. The van der Waals surface area contributed by atoms with E-state index < -0.39 is 0 Å². The molecule has 0 heterocycles. The minimum atomic E-state index is 0.0822. The summed E-state index contributed by atoms with van der Waals surface area (Å²) in [5.41, 5.74) is 0. The van der Waals surface area contributed by atoms with Crippen LogP contribution in [0.25, 0.3) is 0 Å². The fourth-order valence-electron chi connectivity index (χ4n) is 2.34. The predicted molar refractivity (Wildman–Crippen MR) is 43.1 cm³/mol. The number of nitroso groups, excluding NO2 is 1. The highest BCUT2D eigenvalue weighted by Crippen LogP contribution is 2.49. The maximum atomic E-state index is 10.3. The average molecular weight is 204 g/mol. The van der Waals surface area contributed by atoms with Crippen molar-refractivity contribution >= 4 is 15.9 Å². The lowest BCUT2D eigenvalue weighted by Gasteiger charge is -2.19. The molecule has 0 N–H and O–H groups in total. The summed E-state index contributed by atoms with van der Waals surface area (Å²) in [6.07, 6.45) is 3.75. The van der Waals surface area contributed by atoms with Gasteiger partial charge in [-0.2, -0.15) is 4.91 Å². The van der Waals surface area contributed by atoms with Gasteiger partial charge < -0.3 is 0 Å². The maximum absolute atomic E-state index is 10.3. The Hall–Kier alpha value is 0.0800. The van der Waals surface area contributed by atoms with E-state index in [1.165, 1.54) is 19.3 Å². The molecule has 0 aromatic rings.